The number of fused-ring (bicyclic) bond motifs is 3. The fraction of sp³-hybridized carbons (Fsp3) is 0.316. The van der Waals surface area contributed by atoms with Crippen molar-refractivity contribution in [2.24, 2.45) is 0 Å². The van der Waals surface area contributed by atoms with E-state index in [1.807, 2.05) is 17.0 Å². The molecule has 3 aliphatic rings. The van der Waals surface area contributed by atoms with Crippen molar-refractivity contribution in [1.29, 1.82) is 0 Å². The van der Waals surface area contributed by atoms with E-state index in [0.29, 0.717) is 13.0 Å². The third-order valence-electron chi connectivity index (χ3n) is 10.6. The zero-order valence-corrected chi connectivity index (χ0v) is 28.0. The molecule has 3 fully saturated rings. The van der Waals surface area contributed by atoms with Gasteiger partial charge in [0.05, 0.1) is 47.5 Å². The van der Waals surface area contributed by atoms with Crippen LogP contribution >= 0.6 is 0 Å². The maximum atomic E-state index is 13.4. The number of hydrogen-bond donors (Lipinski definition) is 3. The minimum absolute atomic E-state index is 0.0802. The molecule has 13 heteroatoms. The average Bonchev–Trinajstić information content (AvgIpc) is 4.00. The van der Waals surface area contributed by atoms with Crippen LogP contribution in [0, 0.1) is 0 Å². The minimum Gasteiger partial charge on any atom is -0.453 e. The molecule has 0 bridgehead atoms. The van der Waals surface area contributed by atoms with Crippen molar-refractivity contribution in [3.8, 4) is 22.3 Å². The largest absolute Gasteiger partial charge is 0.453 e. The van der Waals surface area contributed by atoms with Crippen LogP contribution in [0.25, 0.3) is 44.3 Å². The Balaban J connectivity index is 0.923. The van der Waals surface area contributed by atoms with Crippen LogP contribution in [-0.2, 0) is 9.53 Å². The van der Waals surface area contributed by atoms with Gasteiger partial charge in [-0.25, -0.2) is 19.7 Å². The van der Waals surface area contributed by atoms with E-state index >= 15 is 0 Å². The molecule has 0 saturated carbocycles. The second-order valence-corrected chi connectivity index (χ2v) is 13.5. The number of nitrogens with zero attached hydrogens (tertiary/aromatic N) is 5. The van der Waals surface area contributed by atoms with E-state index < -0.39 is 12.1 Å². The smallest absolute Gasteiger partial charge is 0.407 e. The predicted molar refractivity (Wildman–Crippen MR) is 187 cm³/mol. The molecule has 0 unspecified atom stereocenters. The summed E-state index contributed by atoms with van der Waals surface area (Å²) in [7, 11) is 1.30. The van der Waals surface area contributed by atoms with Gasteiger partial charge in [0, 0.05) is 12.6 Å². The Kier molecular flexibility index (Phi) is 7.55. The molecule has 3 aliphatic heterocycles. The summed E-state index contributed by atoms with van der Waals surface area (Å²) >= 11 is 0. The first-order chi connectivity index (χ1) is 24.9. The Morgan fingerprint density at radius 3 is 2.08 bits per heavy atom. The highest BCUT2D eigenvalue weighted by Gasteiger charge is 2.45. The van der Waals surface area contributed by atoms with E-state index in [1.54, 1.807) is 4.90 Å². The van der Waals surface area contributed by atoms with Crippen molar-refractivity contribution >= 4 is 40.0 Å². The van der Waals surface area contributed by atoms with E-state index in [0.717, 1.165) is 88.1 Å². The first-order valence-corrected chi connectivity index (χ1v) is 17.4. The number of nitrogens with one attached hydrogen (secondary N) is 3. The number of alkyl carbamates (subject to hydrolysis) is 1. The fourth-order valence-electron chi connectivity index (χ4n) is 8.10. The number of hydrogen-bond acceptors (Lipinski definition) is 8. The summed E-state index contributed by atoms with van der Waals surface area (Å²) in [5, 5.41) is 2.69. The van der Waals surface area contributed by atoms with Crippen LogP contribution in [0.4, 0.5) is 4.79 Å². The molecule has 3 aromatic carbocycles. The molecule has 3 saturated heterocycles. The van der Waals surface area contributed by atoms with Crippen molar-refractivity contribution in [3.05, 3.63) is 90.7 Å². The van der Waals surface area contributed by atoms with Gasteiger partial charge < -0.3 is 34.2 Å². The van der Waals surface area contributed by atoms with E-state index in [4.69, 9.17) is 19.1 Å². The lowest BCUT2D eigenvalue weighted by atomic mass is 9.98. The lowest BCUT2D eigenvalue weighted by Crippen LogP contribution is -2.54. The Morgan fingerprint density at radius 1 is 0.824 bits per heavy atom. The molecule has 258 valence electrons. The topological polar surface area (TPSA) is 162 Å². The highest BCUT2D eigenvalue weighted by Crippen LogP contribution is 2.41. The van der Waals surface area contributed by atoms with Crippen LogP contribution in [0.1, 0.15) is 72.9 Å². The Labute approximate surface area is 292 Å². The van der Waals surface area contributed by atoms with E-state index in [-0.39, 0.29) is 35.8 Å². The van der Waals surface area contributed by atoms with Crippen LogP contribution in [-0.4, -0.2) is 78.4 Å². The summed E-state index contributed by atoms with van der Waals surface area (Å²) < 4.78 is 10.00. The van der Waals surface area contributed by atoms with Crippen LogP contribution in [0.3, 0.4) is 0 Å². The number of H-pyrrole nitrogens is 2. The van der Waals surface area contributed by atoms with Crippen molar-refractivity contribution in [2.75, 3.05) is 13.7 Å². The van der Waals surface area contributed by atoms with Crippen LogP contribution in [0.5, 0.6) is 0 Å². The van der Waals surface area contributed by atoms with Gasteiger partial charge in [-0.15, -0.1) is 0 Å². The normalized spacial score (nSPS) is 21.8. The van der Waals surface area contributed by atoms with Gasteiger partial charge in [-0.2, -0.15) is 0 Å². The van der Waals surface area contributed by atoms with Crippen molar-refractivity contribution in [3.63, 3.8) is 0 Å². The lowest BCUT2D eigenvalue weighted by molar-refractivity contribution is -0.139. The second kappa shape index (κ2) is 12.4. The number of oxazole rings is 1. The number of benzene rings is 3. The van der Waals surface area contributed by atoms with Gasteiger partial charge in [0.25, 0.3) is 5.89 Å². The number of piperidine rings is 1. The second-order valence-electron chi connectivity index (χ2n) is 13.5. The number of rotatable bonds is 6. The minimum atomic E-state index is -0.591. The number of ether oxygens (including phenoxy) is 1. The van der Waals surface area contributed by atoms with Gasteiger partial charge in [-0.05, 0) is 85.0 Å². The van der Waals surface area contributed by atoms with Crippen LogP contribution < -0.4 is 5.32 Å². The molecular weight excluding hydrogens is 648 g/mol. The number of carbonyl (C=O) groups excluding carboxylic acids is 3. The zero-order valence-electron chi connectivity index (χ0n) is 28.0. The molecule has 51 heavy (non-hydrogen) atoms. The SMILES string of the molecule is COC(=O)N[C@H]1CC[C@H]2CC[C@@H](c3nc4ccc(-c5ccc(-c6ccc7nc([C@@H]8CCCN8C(=O)c8ncco8)[nH]c7c6)cc5)cc4[nH]3)N2C1=O. The number of carbonyl (C=O) groups is 3. The standard InChI is InChI=1S/C38H36N8O5/c1-50-38(49)44-28-14-10-25-11-15-32(46(25)36(28)47)34-41-27-13-9-24(20-30(27)43-34)22-6-4-21(5-7-22)23-8-12-26-29(19-23)42-33(40-26)31-3-2-17-45(31)37(48)35-39-16-18-51-35/h4-9,12-13,16,18-20,25,28,31-32H,2-3,10-11,14-15,17H2,1H3,(H,40,42)(H,41,43)(H,44,49)/t25-,28-,31-,32-/m0/s1. The third-order valence-corrected chi connectivity index (χ3v) is 10.6. The van der Waals surface area contributed by atoms with Gasteiger partial charge in [-0.3, -0.25) is 9.59 Å². The summed E-state index contributed by atoms with van der Waals surface area (Å²) in [6, 6.07) is 20.1. The predicted octanol–water partition coefficient (Wildman–Crippen LogP) is 6.29. The molecule has 3 N–H and O–H groups in total. The van der Waals surface area contributed by atoms with Gasteiger partial charge in [0.1, 0.15) is 24.0 Å². The van der Waals surface area contributed by atoms with E-state index in [1.165, 1.54) is 19.6 Å². The molecule has 6 aromatic rings. The molecule has 3 amide bonds. The highest BCUT2D eigenvalue weighted by molar-refractivity contribution is 5.90. The maximum Gasteiger partial charge on any atom is 0.407 e. The molecule has 6 heterocycles. The summed E-state index contributed by atoms with van der Waals surface area (Å²) in [6.45, 7) is 0.633. The first-order valence-electron chi connectivity index (χ1n) is 17.4. The average molecular weight is 685 g/mol. The molecule has 0 aliphatic carbocycles. The molecule has 13 nitrogen and oxygen atoms in total. The van der Waals surface area contributed by atoms with Gasteiger partial charge >= 0.3 is 12.0 Å². The van der Waals surface area contributed by atoms with Gasteiger partial charge in [0.15, 0.2) is 0 Å². The number of aromatic nitrogens is 5. The number of amides is 3. The molecule has 0 radical (unpaired) electrons. The van der Waals surface area contributed by atoms with Crippen molar-refractivity contribution in [2.45, 2.75) is 62.7 Å². The number of methoxy groups -OCH3 is 1. The Bertz CT molecular complexity index is 2280. The van der Waals surface area contributed by atoms with Gasteiger partial charge in [0.2, 0.25) is 5.91 Å². The molecular formula is C38H36N8O5. The summed E-state index contributed by atoms with van der Waals surface area (Å²) in [5.74, 6) is 1.33. The van der Waals surface area contributed by atoms with Crippen molar-refractivity contribution < 1.29 is 23.5 Å². The molecule has 4 atom stereocenters. The Morgan fingerprint density at radius 2 is 1.45 bits per heavy atom. The number of aromatic amines is 2. The molecule has 3 aromatic heterocycles. The van der Waals surface area contributed by atoms with Crippen LogP contribution in [0.2, 0.25) is 0 Å². The van der Waals surface area contributed by atoms with E-state index in [2.05, 4.69) is 68.8 Å². The number of likely N-dealkylation sites (tertiary alicyclic amines) is 1. The Hall–Kier alpha value is -5.98. The quantitative estimate of drug-likeness (QED) is 0.184. The summed E-state index contributed by atoms with van der Waals surface area (Å²) in [4.78, 5) is 62.7. The lowest BCUT2D eigenvalue weighted by Gasteiger charge is -2.37. The summed E-state index contributed by atoms with van der Waals surface area (Å²) in [5.41, 5.74) is 7.78. The zero-order chi connectivity index (χ0) is 34.6. The summed E-state index contributed by atoms with van der Waals surface area (Å²) in [6.07, 6.45) is 7.19. The molecule has 0 spiro atoms. The van der Waals surface area contributed by atoms with Crippen LogP contribution in [0.15, 0.2) is 77.5 Å². The third kappa shape index (κ3) is 5.49. The fourth-order valence-corrected chi connectivity index (χ4v) is 8.10. The molecule has 9 rings (SSSR count). The van der Waals surface area contributed by atoms with Gasteiger partial charge in [-0.1, -0.05) is 36.4 Å². The highest BCUT2D eigenvalue weighted by atomic mass is 16.5. The number of imidazole rings is 2. The van der Waals surface area contributed by atoms with Crippen molar-refractivity contribution in [1.82, 2.24) is 40.0 Å². The monoisotopic (exact) mass is 684 g/mol. The van der Waals surface area contributed by atoms with E-state index in [9.17, 15) is 14.4 Å². The first kappa shape index (κ1) is 31.0. The maximum absolute atomic E-state index is 13.4.